The van der Waals surface area contributed by atoms with Gasteiger partial charge in [0.25, 0.3) is 0 Å². The Hall–Kier alpha value is -0.990. The molecule has 3 heteroatoms. The summed E-state index contributed by atoms with van der Waals surface area (Å²) >= 11 is 0. The lowest BCUT2D eigenvalue weighted by molar-refractivity contribution is -0.137. The van der Waals surface area contributed by atoms with Crippen LogP contribution in [0.1, 0.15) is 6.42 Å². The van der Waals surface area contributed by atoms with Gasteiger partial charge in [0, 0.05) is 12.5 Å². The first-order chi connectivity index (χ1) is 4.29. The molecule has 0 aromatic carbocycles. The van der Waals surface area contributed by atoms with Crippen molar-refractivity contribution >= 4 is 5.97 Å². The Kier molecular flexibility index (Phi) is 1.72. The summed E-state index contributed by atoms with van der Waals surface area (Å²) in [6.45, 7) is 0.770. The highest BCUT2D eigenvalue weighted by molar-refractivity contribution is 5.67. The monoisotopic (exact) mass is 127 g/mol. The number of aliphatic carboxylic acids is 1. The molecular weight excluding hydrogens is 118 g/mol. The molecule has 9 heavy (non-hydrogen) atoms. The Balaban J connectivity index is 2.28. The Morgan fingerprint density at radius 3 is 3.11 bits per heavy atom. The van der Waals surface area contributed by atoms with Crippen LogP contribution in [0.5, 0.6) is 0 Å². The normalized spacial score (nSPS) is 23.8. The van der Waals surface area contributed by atoms with Gasteiger partial charge in [0.2, 0.25) is 0 Å². The van der Waals surface area contributed by atoms with Crippen LogP contribution in [0.2, 0.25) is 0 Å². The lowest BCUT2D eigenvalue weighted by Crippen LogP contribution is -2.12. The molecule has 1 heterocycles. The first-order valence-electron chi connectivity index (χ1n) is 2.91. The Labute approximate surface area is 53.4 Å². The van der Waals surface area contributed by atoms with Gasteiger partial charge in [-0.3, -0.25) is 4.79 Å². The van der Waals surface area contributed by atoms with E-state index in [1.807, 2.05) is 6.08 Å². The summed E-state index contributed by atoms with van der Waals surface area (Å²) in [5.41, 5.74) is 0. The fourth-order valence-corrected chi connectivity index (χ4v) is 0.856. The van der Waals surface area contributed by atoms with Crippen LogP contribution < -0.4 is 5.32 Å². The second-order valence-corrected chi connectivity index (χ2v) is 2.13. The van der Waals surface area contributed by atoms with Gasteiger partial charge in [0.15, 0.2) is 0 Å². The maximum Gasteiger partial charge on any atom is 0.304 e. The van der Waals surface area contributed by atoms with Crippen molar-refractivity contribution in [2.75, 3.05) is 6.54 Å². The SMILES string of the molecule is O=C(O)CC1C=CNC1. The summed E-state index contributed by atoms with van der Waals surface area (Å²) in [6, 6.07) is 0. The maximum absolute atomic E-state index is 10.1. The van der Waals surface area contributed by atoms with Crippen molar-refractivity contribution in [2.45, 2.75) is 6.42 Å². The average molecular weight is 127 g/mol. The van der Waals surface area contributed by atoms with Gasteiger partial charge in [0.1, 0.15) is 0 Å². The zero-order valence-corrected chi connectivity index (χ0v) is 5.00. The summed E-state index contributed by atoms with van der Waals surface area (Å²) < 4.78 is 0. The molecule has 0 bridgehead atoms. The average Bonchev–Trinajstić information content (AvgIpc) is 2.15. The molecule has 1 unspecified atom stereocenters. The molecule has 3 nitrogen and oxygen atoms in total. The Morgan fingerprint density at radius 2 is 2.67 bits per heavy atom. The van der Waals surface area contributed by atoms with Gasteiger partial charge >= 0.3 is 5.97 Å². The van der Waals surface area contributed by atoms with Crippen LogP contribution in [0.4, 0.5) is 0 Å². The fourth-order valence-electron chi connectivity index (χ4n) is 0.856. The minimum absolute atomic E-state index is 0.197. The van der Waals surface area contributed by atoms with E-state index < -0.39 is 5.97 Å². The minimum atomic E-state index is -0.728. The van der Waals surface area contributed by atoms with Crippen molar-refractivity contribution in [2.24, 2.45) is 5.92 Å². The number of nitrogens with one attached hydrogen (secondary N) is 1. The van der Waals surface area contributed by atoms with Crippen molar-refractivity contribution in [3.8, 4) is 0 Å². The molecule has 2 N–H and O–H groups in total. The number of carbonyl (C=O) groups is 1. The highest BCUT2D eigenvalue weighted by Gasteiger charge is 2.11. The molecule has 0 aromatic heterocycles. The molecule has 0 saturated carbocycles. The molecule has 1 aliphatic rings. The lowest BCUT2D eigenvalue weighted by Gasteiger charge is -2.00. The molecule has 0 aliphatic carbocycles. The Bertz CT molecular complexity index is 142. The molecule has 0 radical (unpaired) electrons. The summed E-state index contributed by atoms with van der Waals surface area (Å²) in [5.74, 6) is -0.532. The van der Waals surface area contributed by atoms with Crippen LogP contribution in [0.3, 0.4) is 0 Å². The molecule has 0 spiro atoms. The van der Waals surface area contributed by atoms with Gasteiger partial charge in [0.05, 0.1) is 6.42 Å². The highest BCUT2D eigenvalue weighted by atomic mass is 16.4. The third kappa shape index (κ3) is 1.76. The first kappa shape index (κ1) is 6.13. The quantitative estimate of drug-likeness (QED) is 0.557. The van der Waals surface area contributed by atoms with Gasteiger partial charge < -0.3 is 10.4 Å². The second kappa shape index (κ2) is 2.53. The lowest BCUT2D eigenvalue weighted by atomic mass is 10.1. The van der Waals surface area contributed by atoms with Gasteiger partial charge in [-0.1, -0.05) is 6.08 Å². The zero-order chi connectivity index (χ0) is 6.69. The molecule has 0 fully saturated rings. The topological polar surface area (TPSA) is 49.3 Å². The molecule has 50 valence electrons. The summed E-state index contributed by atoms with van der Waals surface area (Å²) in [5, 5.41) is 11.2. The largest absolute Gasteiger partial charge is 0.481 e. The second-order valence-electron chi connectivity index (χ2n) is 2.13. The highest BCUT2D eigenvalue weighted by Crippen LogP contribution is 2.07. The van der Waals surface area contributed by atoms with E-state index in [-0.39, 0.29) is 12.3 Å². The van der Waals surface area contributed by atoms with Crippen LogP contribution in [0.15, 0.2) is 12.3 Å². The van der Waals surface area contributed by atoms with E-state index in [4.69, 9.17) is 5.11 Å². The van der Waals surface area contributed by atoms with E-state index >= 15 is 0 Å². The van der Waals surface area contributed by atoms with Gasteiger partial charge in [-0.15, -0.1) is 0 Å². The summed E-state index contributed by atoms with van der Waals surface area (Å²) in [7, 11) is 0. The standard InChI is InChI=1S/C6H9NO2/c8-6(9)3-5-1-2-7-4-5/h1-2,5,7H,3-4H2,(H,8,9). The third-order valence-corrected chi connectivity index (χ3v) is 1.30. The maximum atomic E-state index is 10.1. The van der Waals surface area contributed by atoms with Crippen LogP contribution in [0.25, 0.3) is 0 Å². The molecule has 0 amide bonds. The molecule has 1 aliphatic heterocycles. The molecule has 0 aromatic rings. The smallest absolute Gasteiger partial charge is 0.304 e. The van der Waals surface area contributed by atoms with E-state index in [2.05, 4.69) is 5.32 Å². The molecule has 0 saturated heterocycles. The van der Waals surface area contributed by atoms with Gasteiger partial charge in [-0.05, 0) is 6.20 Å². The van der Waals surface area contributed by atoms with E-state index in [9.17, 15) is 4.79 Å². The number of carboxylic acids is 1. The number of hydrogen-bond donors (Lipinski definition) is 2. The van der Waals surface area contributed by atoms with E-state index in [1.165, 1.54) is 0 Å². The first-order valence-corrected chi connectivity index (χ1v) is 2.91. The predicted octanol–water partition coefficient (Wildman–Crippen LogP) is 0.194. The molecule has 1 rings (SSSR count). The fraction of sp³-hybridized carbons (Fsp3) is 0.500. The predicted molar refractivity (Wildman–Crippen MR) is 32.9 cm³/mol. The summed E-state index contributed by atoms with van der Waals surface area (Å²) in [6.07, 6.45) is 3.92. The molecular formula is C6H9NO2. The Morgan fingerprint density at radius 1 is 1.89 bits per heavy atom. The van der Waals surface area contributed by atoms with Gasteiger partial charge in [-0.25, -0.2) is 0 Å². The minimum Gasteiger partial charge on any atom is -0.481 e. The third-order valence-electron chi connectivity index (χ3n) is 1.30. The molecule has 1 atom stereocenters. The van der Waals surface area contributed by atoms with E-state index in [0.717, 1.165) is 6.54 Å². The van der Waals surface area contributed by atoms with Gasteiger partial charge in [-0.2, -0.15) is 0 Å². The number of rotatable bonds is 2. The van der Waals surface area contributed by atoms with Crippen LogP contribution >= 0.6 is 0 Å². The van der Waals surface area contributed by atoms with Crippen LogP contribution in [0, 0.1) is 5.92 Å². The van der Waals surface area contributed by atoms with Crippen molar-refractivity contribution in [1.82, 2.24) is 5.32 Å². The number of carboxylic acid groups (broad SMARTS) is 1. The van der Waals surface area contributed by atoms with Crippen molar-refractivity contribution < 1.29 is 9.90 Å². The van der Waals surface area contributed by atoms with E-state index in [0.29, 0.717) is 0 Å². The van der Waals surface area contributed by atoms with Crippen molar-refractivity contribution in [3.05, 3.63) is 12.3 Å². The summed E-state index contributed by atoms with van der Waals surface area (Å²) in [4.78, 5) is 10.1. The zero-order valence-electron chi connectivity index (χ0n) is 5.00. The van der Waals surface area contributed by atoms with E-state index in [1.54, 1.807) is 6.20 Å². The van der Waals surface area contributed by atoms with Crippen LogP contribution in [-0.2, 0) is 4.79 Å². The van der Waals surface area contributed by atoms with Crippen molar-refractivity contribution in [1.29, 1.82) is 0 Å². The number of hydrogen-bond acceptors (Lipinski definition) is 2. The van der Waals surface area contributed by atoms with Crippen molar-refractivity contribution in [3.63, 3.8) is 0 Å². The van der Waals surface area contributed by atoms with Crippen LogP contribution in [-0.4, -0.2) is 17.6 Å².